The van der Waals surface area contributed by atoms with E-state index in [4.69, 9.17) is 4.74 Å². The zero-order valence-corrected chi connectivity index (χ0v) is 25.3. The Labute approximate surface area is 247 Å². The molecule has 0 spiro atoms. The molecule has 1 fully saturated rings. The maximum Gasteiger partial charge on any atom is 0.325 e. The molecule has 2 heterocycles. The predicted molar refractivity (Wildman–Crippen MR) is 163 cm³/mol. The lowest BCUT2D eigenvalue weighted by Gasteiger charge is -2.35. The summed E-state index contributed by atoms with van der Waals surface area (Å²) in [5.74, 6) is -2.17. The zero-order chi connectivity index (χ0) is 31.0. The van der Waals surface area contributed by atoms with Gasteiger partial charge in [-0.05, 0) is 57.2 Å². The summed E-state index contributed by atoms with van der Waals surface area (Å²) in [6.45, 7) is 14.7. The van der Waals surface area contributed by atoms with Crippen LogP contribution in [0.2, 0.25) is 0 Å². The molecule has 3 N–H and O–H groups in total. The lowest BCUT2D eigenvalue weighted by atomic mass is 10.0. The van der Waals surface area contributed by atoms with Crippen molar-refractivity contribution in [3.63, 3.8) is 0 Å². The topological polar surface area (TPSA) is 130 Å². The van der Waals surface area contributed by atoms with Gasteiger partial charge in [0.15, 0.2) is 0 Å². The molecule has 10 nitrogen and oxygen atoms in total. The summed E-state index contributed by atoms with van der Waals surface area (Å²) in [6, 6.07) is 7.20. The Hall–Kier alpha value is -4.05. The number of nitrogens with zero attached hydrogens (tertiary/aromatic N) is 2. The van der Waals surface area contributed by atoms with E-state index in [1.54, 1.807) is 39.0 Å². The average molecular weight is 578 g/mol. The Morgan fingerprint density at radius 2 is 1.79 bits per heavy atom. The summed E-state index contributed by atoms with van der Waals surface area (Å²) < 4.78 is 5.73. The van der Waals surface area contributed by atoms with Crippen LogP contribution in [-0.4, -0.2) is 58.4 Å². The fraction of sp³-hybridized carbons (Fsp3) is 0.469. The van der Waals surface area contributed by atoms with Crippen LogP contribution in [-0.2, 0) is 23.9 Å². The van der Waals surface area contributed by atoms with Crippen LogP contribution in [0.15, 0.2) is 49.1 Å². The molecule has 5 atom stereocenters. The molecule has 0 bridgehead atoms. The number of hydrazine groups is 1. The van der Waals surface area contributed by atoms with Crippen molar-refractivity contribution < 1.29 is 23.9 Å². The lowest BCUT2D eigenvalue weighted by Crippen LogP contribution is -2.61. The lowest BCUT2D eigenvalue weighted by molar-refractivity contribution is -0.157. The maximum absolute atomic E-state index is 13.2. The molecule has 1 aliphatic heterocycles. The van der Waals surface area contributed by atoms with Crippen LogP contribution >= 0.6 is 0 Å². The van der Waals surface area contributed by atoms with Crippen LogP contribution in [0.5, 0.6) is 0 Å². The summed E-state index contributed by atoms with van der Waals surface area (Å²) in [7, 11) is 0. The molecule has 3 amide bonds. The van der Waals surface area contributed by atoms with Gasteiger partial charge in [0.05, 0.1) is 17.1 Å². The highest BCUT2D eigenvalue weighted by Gasteiger charge is 2.34. The van der Waals surface area contributed by atoms with Crippen molar-refractivity contribution in [3.8, 4) is 0 Å². The van der Waals surface area contributed by atoms with Crippen molar-refractivity contribution in [2.75, 3.05) is 6.54 Å². The molecule has 10 heteroatoms. The number of carbonyl (C=O) groups excluding carboxylic acids is 4. The molecule has 2 aromatic rings. The molecule has 1 saturated heterocycles. The molecular formula is C32H43N5O5. The molecule has 0 saturated carbocycles. The minimum atomic E-state index is -0.882. The number of amides is 3. The van der Waals surface area contributed by atoms with Crippen LogP contribution in [0.25, 0.3) is 17.0 Å². The van der Waals surface area contributed by atoms with Crippen molar-refractivity contribution >= 4 is 40.7 Å². The Morgan fingerprint density at radius 3 is 2.45 bits per heavy atom. The number of aromatic nitrogens is 1. The van der Waals surface area contributed by atoms with E-state index in [9.17, 15) is 19.2 Å². The quantitative estimate of drug-likeness (QED) is 0.273. The standard InChI is InChI=1S/C32H43N5O5/c1-8-11-20(5)29(38)35-28(19(3)4)30(39)33-21(6)31(40)37-17-10-12-26(36-37)32(41)42-22(7)25-16-15-24-14-13-23(9-2)18-27(24)34-25/h8-9,11,13-16,18-22,26,28,36H,2,10,12,17H2,1,3-7H3,(H,33,39)(H,35,38)/b11-8+/t20?,21-,22+,26?,28?/m0/s1. The first kappa shape index (κ1) is 32.5. The van der Waals surface area contributed by atoms with Crippen LogP contribution in [0.4, 0.5) is 0 Å². The third-order valence-corrected chi connectivity index (χ3v) is 7.29. The third kappa shape index (κ3) is 8.25. The summed E-state index contributed by atoms with van der Waals surface area (Å²) >= 11 is 0. The van der Waals surface area contributed by atoms with Gasteiger partial charge in [0.25, 0.3) is 5.91 Å². The Balaban J connectivity index is 1.59. The predicted octanol–water partition coefficient (Wildman–Crippen LogP) is 3.84. The molecule has 3 unspecified atom stereocenters. The normalized spacial score (nSPS) is 18.3. The zero-order valence-electron chi connectivity index (χ0n) is 25.3. The van der Waals surface area contributed by atoms with Gasteiger partial charge in [-0.2, -0.15) is 0 Å². The highest BCUT2D eigenvalue weighted by molar-refractivity contribution is 5.92. The highest BCUT2D eigenvalue weighted by atomic mass is 16.5. The number of benzene rings is 1. The van der Waals surface area contributed by atoms with E-state index in [1.807, 2.05) is 51.1 Å². The number of nitrogens with one attached hydrogen (secondary N) is 3. The highest BCUT2D eigenvalue weighted by Crippen LogP contribution is 2.22. The summed E-state index contributed by atoms with van der Waals surface area (Å²) in [5.41, 5.74) is 5.31. The summed E-state index contributed by atoms with van der Waals surface area (Å²) in [6.07, 6.45) is 5.76. The first-order chi connectivity index (χ1) is 19.9. The van der Waals surface area contributed by atoms with Gasteiger partial charge in [0, 0.05) is 11.9 Å². The smallest absolute Gasteiger partial charge is 0.325 e. The van der Waals surface area contributed by atoms with Crippen LogP contribution in [0.1, 0.15) is 71.7 Å². The SMILES string of the molecule is C=Cc1ccc2ccc([C@@H](C)OC(=O)C3CCCN(C(=O)[C@H](C)NC(=O)C(NC(=O)C(C)/C=C/C)C(C)C)N3)nc2c1. The monoisotopic (exact) mass is 577 g/mol. The van der Waals surface area contributed by atoms with E-state index in [0.29, 0.717) is 25.1 Å². The van der Waals surface area contributed by atoms with E-state index in [-0.39, 0.29) is 23.7 Å². The van der Waals surface area contributed by atoms with E-state index in [2.05, 4.69) is 27.6 Å². The number of pyridine rings is 1. The Kier molecular flexibility index (Phi) is 11.4. The first-order valence-electron chi connectivity index (χ1n) is 14.5. The summed E-state index contributed by atoms with van der Waals surface area (Å²) in [4.78, 5) is 56.4. The van der Waals surface area contributed by atoms with E-state index < -0.39 is 36.1 Å². The van der Waals surface area contributed by atoms with Crippen molar-refractivity contribution in [3.05, 3.63) is 60.3 Å². The number of hydrogen-bond donors (Lipinski definition) is 3. The number of ether oxygens (including phenoxy) is 1. The molecule has 0 radical (unpaired) electrons. The molecule has 42 heavy (non-hydrogen) atoms. The third-order valence-electron chi connectivity index (χ3n) is 7.29. The Morgan fingerprint density at radius 1 is 1.07 bits per heavy atom. The summed E-state index contributed by atoms with van der Waals surface area (Å²) in [5, 5.41) is 7.83. The van der Waals surface area contributed by atoms with Crippen LogP contribution in [0.3, 0.4) is 0 Å². The van der Waals surface area contributed by atoms with Crippen molar-refractivity contribution in [2.45, 2.75) is 78.6 Å². The van der Waals surface area contributed by atoms with Crippen molar-refractivity contribution in [1.82, 2.24) is 26.1 Å². The van der Waals surface area contributed by atoms with Gasteiger partial charge in [-0.1, -0.05) is 63.8 Å². The molecule has 1 aliphatic rings. The largest absolute Gasteiger partial charge is 0.455 e. The number of allylic oxidation sites excluding steroid dienone is 1. The minimum Gasteiger partial charge on any atom is -0.455 e. The maximum atomic E-state index is 13.2. The fourth-order valence-corrected chi connectivity index (χ4v) is 4.73. The fourth-order valence-electron chi connectivity index (χ4n) is 4.73. The minimum absolute atomic E-state index is 0.190. The van der Waals surface area contributed by atoms with E-state index in [0.717, 1.165) is 16.5 Å². The van der Waals surface area contributed by atoms with E-state index >= 15 is 0 Å². The van der Waals surface area contributed by atoms with E-state index in [1.165, 1.54) is 5.01 Å². The average Bonchev–Trinajstić information content (AvgIpc) is 2.98. The van der Waals surface area contributed by atoms with Gasteiger partial charge >= 0.3 is 5.97 Å². The molecule has 226 valence electrons. The second kappa shape index (κ2) is 14.7. The van der Waals surface area contributed by atoms with Crippen LogP contribution in [0, 0.1) is 11.8 Å². The second-order valence-corrected chi connectivity index (χ2v) is 11.1. The molecule has 3 rings (SSSR count). The second-order valence-electron chi connectivity index (χ2n) is 11.1. The van der Waals surface area contributed by atoms with Gasteiger partial charge in [-0.25, -0.2) is 10.4 Å². The number of rotatable bonds is 11. The Bertz CT molecular complexity index is 1340. The van der Waals surface area contributed by atoms with Gasteiger partial charge in [0.2, 0.25) is 11.8 Å². The number of carbonyl (C=O) groups is 4. The van der Waals surface area contributed by atoms with Gasteiger partial charge < -0.3 is 15.4 Å². The first-order valence-corrected chi connectivity index (χ1v) is 14.5. The number of esters is 1. The molecule has 1 aromatic heterocycles. The molecular weight excluding hydrogens is 534 g/mol. The number of fused-ring (bicyclic) bond motifs is 1. The molecule has 0 aliphatic carbocycles. The van der Waals surface area contributed by atoms with Crippen LogP contribution < -0.4 is 16.1 Å². The van der Waals surface area contributed by atoms with Crippen molar-refractivity contribution in [2.24, 2.45) is 11.8 Å². The van der Waals surface area contributed by atoms with Gasteiger partial charge in [-0.3, -0.25) is 24.2 Å². The molecule has 1 aromatic carbocycles. The number of hydrogen-bond acceptors (Lipinski definition) is 7. The van der Waals surface area contributed by atoms with Gasteiger partial charge in [-0.15, -0.1) is 0 Å². The van der Waals surface area contributed by atoms with Gasteiger partial charge in [0.1, 0.15) is 24.2 Å². The van der Waals surface area contributed by atoms with Crippen molar-refractivity contribution in [1.29, 1.82) is 0 Å².